The molecule has 1 aliphatic rings. The van der Waals surface area contributed by atoms with Crippen LogP contribution in [0.2, 0.25) is 0 Å². The minimum absolute atomic E-state index is 0.115. The lowest BCUT2D eigenvalue weighted by atomic mass is 10.0. The molecule has 2 rings (SSSR count). The topological polar surface area (TPSA) is 37.4 Å². The van der Waals surface area contributed by atoms with Crippen molar-refractivity contribution < 1.29 is 4.74 Å². The molecule has 1 atom stereocenters. The lowest BCUT2D eigenvalue weighted by Crippen LogP contribution is -2.52. The van der Waals surface area contributed by atoms with Crippen LogP contribution in [0, 0.1) is 0 Å². The largest absolute Gasteiger partial charge is 0.369 e. The van der Waals surface area contributed by atoms with Crippen molar-refractivity contribution in [3.05, 3.63) is 24.0 Å². The number of hydrogen-bond donors (Lipinski definition) is 1. The van der Waals surface area contributed by atoms with Crippen molar-refractivity contribution in [1.29, 1.82) is 0 Å². The molecule has 1 unspecified atom stereocenters. The Bertz CT molecular complexity index is 445. The van der Waals surface area contributed by atoms with Crippen LogP contribution in [-0.2, 0) is 11.3 Å². The molecule has 0 bridgehead atoms. The Morgan fingerprint density at radius 1 is 1.50 bits per heavy atom. The maximum atomic E-state index is 5.99. The molecule has 1 aromatic heterocycles. The molecule has 1 fully saturated rings. The number of pyridine rings is 1. The van der Waals surface area contributed by atoms with Crippen LogP contribution in [0.1, 0.15) is 40.2 Å². The lowest BCUT2D eigenvalue weighted by molar-refractivity contribution is -0.0750. The minimum Gasteiger partial charge on any atom is -0.369 e. The Morgan fingerprint density at radius 3 is 2.90 bits per heavy atom. The summed E-state index contributed by atoms with van der Waals surface area (Å²) in [5.41, 5.74) is 2.42. The number of anilines is 1. The first kappa shape index (κ1) is 15.3. The SMILES string of the molecule is CC(C)NCc1ccncc1N1CC(C)OC(C)(C)C1. The van der Waals surface area contributed by atoms with Gasteiger partial charge in [0.05, 0.1) is 23.6 Å². The molecule has 0 spiro atoms. The molecular weight excluding hydrogens is 250 g/mol. The van der Waals surface area contributed by atoms with Crippen molar-refractivity contribution >= 4 is 5.69 Å². The van der Waals surface area contributed by atoms with Crippen LogP contribution >= 0.6 is 0 Å². The summed E-state index contributed by atoms with van der Waals surface area (Å²) >= 11 is 0. The number of aromatic nitrogens is 1. The van der Waals surface area contributed by atoms with Crippen molar-refractivity contribution in [2.75, 3.05) is 18.0 Å². The van der Waals surface area contributed by atoms with Crippen LogP contribution < -0.4 is 10.2 Å². The maximum Gasteiger partial charge on any atom is 0.0805 e. The zero-order chi connectivity index (χ0) is 14.8. The molecule has 1 aliphatic heterocycles. The summed E-state index contributed by atoms with van der Waals surface area (Å²) in [7, 11) is 0. The lowest BCUT2D eigenvalue weighted by Gasteiger charge is -2.43. The molecule has 0 radical (unpaired) electrons. The summed E-state index contributed by atoms with van der Waals surface area (Å²) in [6.07, 6.45) is 4.09. The average molecular weight is 277 g/mol. The highest BCUT2D eigenvalue weighted by Crippen LogP contribution is 2.27. The van der Waals surface area contributed by atoms with E-state index < -0.39 is 0 Å². The molecule has 20 heavy (non-hydrogen) atoms. The van der Waals surface area contributed by atoms with E-state index in [2.05, 4.69) is 55.9 Å². The molecule has 4 nitrogen and oxygen atoms in total. The zero-order valence-electron chi connectivity index (χ0n) is 13.3. The van der Waals surface area contributed by atoms with Gasteiger partial charge < -0.3 is 15.0 Å². The minimum atomic E-state index is -0.115. The quantitative estimate of drug-likeness (QED) is 0.918. The van der Waals surface area contributed by atoms with E-state index in [1.165, 1.54) is 11.3 Å². The predicted octanol–water partition coefficient (Wildman–Crippen LogP) is 2.58. The number of nitrogens with one attached hydrogen (secondary N) is 1. The van der Waals surface area contributed by atoms with Gasteiger partial charge in [0, 0.05) is 31.9 Å². The highest BCUT2D eigenvalue weighted by atomic mass is 16.5. The number of nitrogens with zero attached hydrogens (tertiary/aromatic N) is 2. The van der Waals surface area contributed by atoms with Crippen molar-refractivity contribution in [3.63, 3.8) is 0 Å². The van der Waals surface area contributed by atoms with Gasteiger partial charge in [-0.25, -0.2) is 0 Å². The summed E-state index contributed by atoms with van der Waals surface area (Å²) in [4.78, 5) is 6.71. The van der Waals surface area contributed by atoms with Gasteiger partial charge >= 0.3 is 0 Å². The van der Waals surface area contributed by atoms with Crippen LogP contribution in [-0.4, -0.2) is 35.8 Å². The number of morpholine rings is 1. The highest BCUT2D eigenvalue weighted by Gasteiger charge is 2.32. The smallest absolute Gasteiger partial charge is 0.0805 e. The fraction of sp³-hybridized carbons (Fsp3) is 0.688. The summed E-state index contributed by atoms with van der Waals surface area (Å²) in [5.74, 6) is 0. The van der Waals surface area contributed by atoms with E-state index in [4.69, 9.17) is 4.74 Å². The Morgan fingerprint density at radius 2 is 2.25 bits per heavy atom. The number of ether oxygens (including phenoxy) is 1. The van der Waals surface area contributed by atoms with Crippen molar-refractivity contribution in [2.24, 2.45) is 0 Å². The van der Waals surface area contributed by atoms with Gasteiger partial charge in [-0.1, -0.05) is 13.8 Å². The molecule has 0 aromatic carbocycles. The van der Waals surface area contributed by atoms with Crippen LogP contribution in [0.25, 0.3) is 0 Å². The molecule has 1 aromatic rings. The van der Waals surface area contributed by atoms with E-state index in [0.717, 1.165) is 19.6 Å². The molecule has 0 amide bonds. The van der Waals surface area contributed by atoms with Crippen LogP contribution in [0.5, 0.6) is 0 Å². The standard InChI is InChI=1S/C16H27N3O/c1-12(2)18-8-14-6-7-17-9-15(14)19-10-13(3)20-16(4,5)11-19/h6-7,9,12-13,18H,8,10-11H2,1-5H3. The fourth-order valence-corrected chi connectivity index (χ4v) is 2.80. The molecule has 1 saturated heterocycles. The summed E-state index contributed by atoms with van der Waals surface area (Å²) in [6.45, 7) is 13.5. The summed E-state index contributed by atoms with van der Waals surface area (Å²) in [6, 6.07) is 2.59. The van der Waals surface area contributed by atoms with Crippen molar-refractivity contribution in [1.82, 2.24) is 10.3 Å². The first-order valence-corrected chi connectivity index (χ1v) is 7.46. The molecule has 4 heteroatoms. The first-order chi connectivity index (χ1) is 9.37. The van der Waals surface area contributed by atoms with E-state index in [0.29, 0.717) is 6.04 Å². The van der Waals surface area contributed by atoms with Gasteiger partial charge in [-0.3, -0.25) is 4.98 Å². The van der Waals surface area contributed by atoms with Gasteiger partial charge in [0.15, 0.2) is 0 Å². The Labute approximate surface area is 122 Å². The van der Waals surface area contributed by atoms with E-state index in [1.54, 1.807) is 0 Å². The second kappa shape index (κ2) is 6.10. The molecule has 112 valence electrons. The predicted molar refractivity (Wildman–Crippen MR) is 83.1 cm³/mol. The van der Waals surface area contributed by atoms with Gasteiger partial charge in [0.1, 0.15) is 0 Å². The monoisotopic (exact) mass is 277 g/mol. The van der Waals surface area contributed by atoms with Crippen LogP contribution in [0.15, 0.2) is 18.5 Å². The fourth-order valence-electron chi connectivity index (χ4n) is 2.80. The van der Waals surface area contributed by atoms with Gasteiger partial charge in [-0.15, -0.1) is 0 Å². The Hall–Kier alpha value is -1.13. The molecule has 0 saturated carbocycles. The third-order valence-corrected chi connectivity index (χ3v) is 3.50. The van der Waals surface area contributed by atoms with Gasteiger partial charge in [0.2, 0.25) is 0 Å². The maximum absolute atomic E-state index is 5.99. The average Bonchev–Trinajstić information content (AvgIpc) is 2.34. The Balaban J connectivity index is 2.19. The van der Waals surface area contributed by atoms with Gasteiger partial charge in [-0.05, 0) is 32.4 Å². The Kier molecular flexibility index (Phi) is 4.66. The second-order valence-corrected chi connectivity index (χ2v) is 6.61. The highest BCUT2D eigenvalue weighted by molar-refractivity contribution is 5.52. The molecule has 2 heterocycles. The van der Waals surface area contributed by atoms with E-state index in [9.17, 15) is 0 Å². The normalized spacial score (nSPS) is 22.3. The van der Waals surface area contributed by atoms with E-state index >= 15 is 0 Å². The molecule has 0 aliphatic carbocycles. The van der Waals surface area contributed by atoms with Crippen molar-refractivity contribution in [3.8, 4) is 0 Å². The number of hydrogen-bond acceptors (Lipinski definition) is 4. The van der Waals surface area contributed by atoms with Crippen LogP contribution in [0.3, 0.4) is 0 Å². The third kappa shape index (κ3) is 3.93. The molecular formula is C16H27N3O. The second-order valence-electron chi connectivity index (χ2n) is 6.61. The van der Waals surface area contributed by atoms with Crippen molar-refractivity contribution in [2.45, 2.75) is 58.9 Å². The number of rotatable bonds is 4. The van der Waals surface area contributed by atoms with Gasteiger partial charge in [-0.2, -0.15) is 0 Å². The molecule has 1 N–H and O–H groups in total. The van der Waals surface area contributed by atoms with Gasteiger partial charge in [0.25, 0.3) is 0 Å². The summed E-state index contributed by atoms with van der Waals surface area (Å²) in [5, 5.41) is 3.49. The van der Waals surface area contributed by atoms with Crippen LogP contribution in [0.4, 0.5) is 5.69 Å². The van der Waals surface area contributed by atoms with E-state index in [-0.39, 0.29) is 11.7 Å². The van der Waals surface area contributed by atoms with E-state index in [1.807, 2.05) is 12.4 Å². The summed E-state index contributed by atoms with van der Waals surface area (Å²) < 4.78 is 5.99. The first-order valence-electron chi connectivity index (χ1n) is 7.46. The zero-order valence-corrected chi connectivity index (χ0v) is 13.3. The third-order valence-electron chi connectivity index (χ3n) is 3.50.